The highest BCUT2D eigenvalue weighted by Gasteiger charge is 2.21. The summed E-state index contributed by atoms with van der Waals surface area (Å²) in [4.78, 5) is 17.2. The number of nitriles is 1. The predicted octanol–water partition coefficient (Wildman–Crippen LogP) is 4.42. The van der Waals surface area contributed by atoms with E-state index in [1.165, 1.54) is 0 Å². The number of ketones is 1. The lowest BCUT2D eigenvalue weighted by molar-refractivity contribution is 0.0948. The molecule has 0 aliphatic rings. The Balaban J connectivity index is 1.89. The van der Waals surface area contributed by atoms with Gasteiger partial charge in [-0.1, -0.05) is 48.0 Å². The molecule has 0 saturated heterocycles. The highest BCUT2D eigenvalue weighted by Crippen LogP contribution is 2.20. The molecule has 0 amide bonds. The Morgan fingerprint density at radius 3 is 2.54 bits per heavy atom. The lowest BCUT2D eigenvalue weighted by atomic mass is 9.93. The minimum atomic E-state index is -0.722. The van der Waals surface area contributed by atoms with Crippen molar-refractivity contribution in [1.82, 2.24) is 4.98 Å². The number of benzene rings is 2. The number of hydrogen-bond donors (Lipinski definition) is 0. The van der Waals surface area contributed by atoms with Gasteiger partial charge in [-0.25, -0.2) is 0 Å². The molecule has 0 fully saturated rings. The van der Waals surface area contributed by atoms with Crippen LogP contribution in [0.3, 0.4) is 0 Å². The van der Waals surface area contributed by atoms with Crippen LogP contribution in [0.4, 0.5) is 0 Å². The van der Waals surface area contributed by atoms with Crippen LogP contribution in [-0.2, 0) is 6.42 Å². The first kappa shape index (κ1) is 15.9. The van der Waals surface area contributed by atoms with Crippen LogP contribution in [0, 0.1) is 31.1 Å². The Morgan fingerprint density at radius 2 is 1.83 bits per heavy atom. The van der Waals surface area contributed by atoms with E-state index < -0.39 is 5.92 Å². The van der Waals surface area contributed by atoms with Crippen LogP contribution in [0.2, 0.25) is 0 Å². The SMILES string of the molecule is Cc1ccc(C(=O)C(C#N)Cc2cc(C)c3ccccc3n2)cc1. The van der Waals surface area contributed by atoms with E-state index >= 15 is 0 Å². The first-order chi connectivity index (χ1) is 11.6. The number of aryl methyl sites for hydroxylation is 2. The van der Waals surface area contributed by atoms with Gasteiger partial charge in [-0.2, -0.15) is 5.26 Å². The first-order valence-corrected chi connectivity index (χ1v) is 7.94. The second-order valence-corrected chi connectivity index (χ2v) is 6.06. The highest BCUT2D eigenvalue weighted by molar-refractivity contribution is 5.99. The van der Waals surface area contributed by atoms with Crippen LogP contribution in [0.5, 0.6) is 0 Å². The van der Waals surface area contributed by atoms with Crippen molar-refractivity contribution in [3.63, 3.8) is 0 Å². The molecule has 0 aliphatic carbocycles. The summed E-state index contributed by atoms with van der Waals surface area (Å²) >= 11 is 0. The largest absolute Gasteiger partial charge is 0.293 e. The molecule has 0 bridgehead atoms. The minimum absolute atomic E-state index is 0.148. The zero-order chi connectivity index (χ0) is 17.1. The Labute approximate surface area is 141 Å². The number of para-hydroxylation sites is 1. The van der Waals surface area contributed by atoms with Crippen molar-refractivity contribution in [1.29, 1.82) is 5.26 Å². The van der Waals surface area contributed by atoms with Crippen molar-refractivity contribution in [3.8, 4) is 6.07 Å². The molecule has 3 rings (SSSR count). The maximum atomic E-state index is 12.6. The van der Waals surface area contributed by atoms with Gasteiger partial charge in [0.1, 0.15) is 5.92 Å². The maximum absolute atomic E-state index is 12.6. The smallest absolute Gasteiger partial charge is 0.180 e. The number of rotatable bonds is 4. The summed E-state index contributed by atoms with van der Waals surface area (Å²) < 4.78 is 0. The average molecular weight is 314 g/mol. The molecule has 0 aliphatic heterocycles. The fourth-order valence-electron chi connectivity index (χ4n) is 2.85. The molecule has 118 valence electrons. The number of pyridine rings is 1. The molecule has 24 heavy (non-hydrogen) atoms. The van der Waals surface area contributed by atoms with Gasteiger partial charge in [0.15, 0.2) is 5.78 Å². The molecular weight excluding hydrogens is 296 g/mol. The van der Waals surface area contributed by atoms with E-state index in [0.29, 0.717) is 12.0 Å². The third-order valence-corrected chi connectivity index (χ3v) is 4.20. The fourth-order valence-corrected chi connectivity index (χ4v) is 2.85. The van der Waals surface area contributed by atoms with Crippen LogP contribution in [-0.4, -0.2) is 10.8 Å². The third-order valence-electron chi connectivity index (χ3n) is 4.20. The maximum Gasteiger partial charge on any atom is 0.180 e. The number of aromatic nitrogens is 1. The van der Waals surface area contributed by atoms with Gasteiger partial charge in [0, 0.05) is 23.1 Å². The Kier molecular flexibility index (Phi) is 4.39. The van der Waals surface area contributed by atoms with Crippen molar-refractivity contribution in [2.24, 2.45) is 5.92 Å². The van der Waals surface area contributed by atoms with Gasteiger partial charge in [0.2, 0.25) is 0 Å². The summed E-state index contributed by atoms with van der Waals surface area (Å²) in [6.07, 6.45) is 0.328. The summed E-state index contributed by atoms with van der Waals surface area (Å²) in [7, 11) is 0. The Hall–Kier alpha value is -2.99. The molecule has 0 N–H and O–H groups in total. The van der Waals surface area contributed by atoms with E-state index in [1.54, 1.807) is 12.1 Å². The van der Waals surface area contributed by atoms with Crippen LogP contribution in [0.25, 0.3) is 10.9 Å². The molecule has 0 radical (unpaired) electrons. The third kappa shape index (κ3) is 3.18. The van der Waals surface area contributed by atoms with Gasteiger partial charge in [-0.05, 0) is 31.5 Å². The summed E-state index contributed by atoms with van der Waals surface area (Å²) in [6.45, 7) is 3.99. The lowest BCUT2D eigenvalue weighted by Gasteiger charge is -2.10. The molecule has 3 heteroatoms. The molecule has 1 heterocycles. The van der Waals surface area contributed by atoms with E-state index in [9.17, 15) is 10.1 Å². The topological polar surface area (TPSA) is 53.8 Å². The predicted molar refractivity (Wildman–Crippen MR) is 94.8 cm³/mol. The summed E-state index contributed by atoms with van der Waals surface area (Å²) in [5, 5.41) is 10.6. The second-order valence-electron chi connectivity index (χ2n) is 6.06. The highest BCUT2D eigenvalue weighted by atomic mass is 16.1. The minimum Gasteiger partial charge on any atom is -0.293 e. The van der Waals surface area contributed by atoms with Crippen molar-refractivity contribution in [2.45, 2.75) is 20.3 Å². The van der Waals surface area contributed by atoms with Crippen LogP contribution < -0.4 is 0 Å². The van der Waals surface area contributed by atoms with Crippen molar-refractivity contribution in [2.75, 3.05) is 0 Å². The first-order valence-electron chi connectivity index (χ1n) is 7.94. The van der Waals surface area contributed by atoms with Gasteiger partial charge in [-0.15, -0.1) is 0 Å². The average Bonchev–Trinajstić information content (AvgIpc) is 2.60. The summed E-state index contributed by atoms with van der Waals surface area (Å²) in [6, 6.07) is 19.4. The fraction of sp³-hybridized carbons (Fsp3) is 0.190. The molecule has 1 aromatic heterocycles. The number of carbonyl (C=O) groups excluding carboxylic acids is 1. The van der Waals surface area contributed by atoms with E-state index in [-0.39, 0.29) is 5.78 Å². The summed E-state index contributed by atoms with van der Waals surface area (Å²) in [5.41, 5.74) is 4.44. The van der Waals surface area contributed by atoms with E-state index in [2.05, 4.69) is 11.1 Å². The number of fused-ring (bicyclic) bond motifs is 1. The molecule has 3 nitrogen and oxygen atoms in total. The second kappa shape index (κ2) is 6.64. The van der Waals surface area contributed by atoms with Gasteiger partial charge in [-0.3, -0.25) is 9.78 Å². The van der Waals surface area contributed by atoms with Crippen LogP contribution in [0.1, 0.15) is 27.2 Å². The monoisotopic (exact) mass is 314 g/mol. The number of hydrogen-bond acceptors (Lipinski definition) is 3. The normalized spacial score (nSPS) is 11.9. The van der Waals surface area contributed by atoms with Crippen molar-refractivity contribution >= 4 is 16.7 Å². The standard InChI is InChI=1S/C21H18N2O/c1-14-7-9-16(10-8-14)21(24)17(13-22)12-18-11-15(2)19-5-3-4-6-20(19)23-18/h3-11,17H,12H2,1-2H3. The molecule has 0 saturated carbocycles. The summed E-state index contributed by atoms with van der Waals surface area (Å²) in [5.74, 6) is -0.870. The molecule has 1 atom stereocenters. The van der Waals surface area contributed by atoms with Crippen LogP contribution in [0.15, 0.2) is 54.6 Å². The van der Waals surface area contributed by atoms with E-state index in [1.807, 2.05) is 56.3 Å². The van der Waals surface area contributed by atoms with Gasteiger partial charge in [0.25, 0.3) is 0 Å². The van der Waals surface area contributed by atoms with E-state index in [0.717, 1.165) is 27.7 Å². The van der Waals surface area contributed by atoms with Gasteiger partial charge in [0.05, 0.1) is 11.6 Å². The zero-order valence-electron chi connectivity index (χ0n) is 13.8. The Bertz CT molecular complexity index is 936. The molecule has 0 spiro atoms. The Morgan fingerprint density at radius 1 is 1.12 bits per heavy atom. The quantitative estimate of drug-likeness (QED) is 0.670. The van der Waals surface area contributed by atoms with E-state index in [4.69, 9.17) is 0 Å². The number of nitrogens with zero attached hydrogens (tertiary/aromatic N) is 2. The molecule has 3 aromatic rings. The number of Topliss-reactive ketones (excluding diaryl/α,β-unsaturated/α-hetero) is 1. The van der Waals surface area contributed by atoms with Gasteiger partial charge >= 0.3 is 0 Å². The van der Waals surface area contributed by atoms with Crippen LogP contribution >= 0.6 is 0 Å². The van der Waals surface area contributed by atoms with Gasteiger partial charge < -0.3 is 0 Å². The van der Waals surface area contributed by atoms with Crippen molar-refractivity contribution in [3.05, 3.63) is 77.0 Å². The zero-order valence-corrected chi connectivity index (χ0v) is 13.8. The molecule has 2 aromatic carbocycles. The number of carbonyl (C=O) groups is 1. The lowest BCUT2D eigenvalue weighted by Crippen LogP contribution is -2.16. The van der Waals surface area contributed by atoms with Crippen molar-refractivity contribution < 1.29 is 4.79 Å². The molecule has 1 unspecified atom stereocenters. The molecular formula is C21H18N2O.